The lowest BCUT2D eigenvalue weighted by Gasteiger charge is -2.08. The van der Waals surface area contributed by atoms with Crippen molar-refractivity contribution >= 4 is 16.7 Å². The van der Waals surface area contributed by atoms with Crippen LogP contribution in [0.15, 0.2) is 57.7 Å². The normalized spacial score (nSPS) is 10.9. The number of benzene rings is 2. The van der Waals surface area contributed by atoms with E-state index in [9.17, 15) is 9.59 Å². The fraction of sp³-hybridized carbons (Fsp3) is 0.150. The quantitative estimate of drug-likeness (QED) is 0.505. The molecule has 2 aromatic heterocycles. The first-order chi connectivity index (χ1) is 13.6. The van der Waals surface area contributed by atoms with E-state index in [2.05, 4.69) is 15.3 Å². The molecule has 0 aliphatic heterocycles. The van der Waals surface area contributed by atoms with Crippen LogP contribution in [0, 0.1) is 6.92 Å². The summed E-state index contributed by atoms with van der Waals surface area (Å²) < 4.78 is 11.6. The van der Waals surface area contributed by atoms with Gasteiger partial charge in [0.15, 0.2) is 5.69 Å². The standard InChI is InChI=1S/C20H16N4O4/c1-12-7-9-13(10-8-12)18-22-21-16(28-18)11-24-19(25)15-6-4-3-5-14(15)17(23-24)20(26)27-2/h3-10H,11H2,1-2H3. The third kappa shape index (κ3) is 3.16. The van der Waals surface area contributed by atoms with Gasteiger partial charge in [0, 0.05) is 10.9 Å². The molecule has 8 heteroatoms. The summed E-state index contributed by atoms with van der Waals surface area (Å²) in [5.74, 6) is -0.0795. The molecule has 0 fully saturated rings. The minimum absolute atomic E-state index is 0.0518. The molecule has 0 N–H and O–H groups in total. The van der Waals surface area contributed by atoms with Crippen LogP contribution in [0.3, 0.4) is 0 Å². The average Bonchev–Trinajstić information content (AvgIpc) is 3.18. The lowest BCUT2D eigenvalue weighted by molar-refractivity contribution is 0.0593. The van der Waals surface area contributed by atoms with Gasteiger partial charge in [-0.15, -0.1) is 10.2 Å². The zero-order valence-electron chi connectivity index (χ0n) is 15.2. The molecule has 4 rings (SSSR count). The molecule has 8 nitrogen and oxygen atoms in total. The Labute approximate surface area is 159 Å². The number of carbonyl (C=O) groups excluding carboxylic acids is 1. The summed E-state index contributed by atoms with van der Waals surface area (Å²) in [7, 11) is 1.26. The van der Waals surface area contributed by atoms with E-state index in [1.807, 2.05) is 31.2 Å². The number of ether oxygens (including phenoxy) is 1. The second-order valence-corrected chi connectivity index (χ2v) is 6.22. The molecule has 4 aromatic rings. The van der Waals surface area contributed by atoms with Gasteiger partial charge >= 0.3 is 5.97 Å². The van der Waals surface area contributed by atoms with Crippen LogP contribution in [0.1, 0.15) is 21.9 Å². The minimum atomic E-state index is -0.629. The molecule has 0 aliphatic carbocycles. The van der Waals surface area contributed by atoms with Crippen molar-refractivity contribution in [3.63, 3.8) is 0 Å². The van der Waals surface area contributed by atoms with E-state index in [0.29, 0.717) is 16.7 Å². The lowest BCUT2D eigenvalue weighted by atomic mass is 10.1. The smallest absolute Gasteiger partial charge is 0.359 e. The molecule has 0 aliphatic rings. The van der Waals surface area contributed by atoms with Crippen LogP contribution in [0.2, 0.25) is 0 Å². The van der Waals surface area contributed by atoms with Crippen LogP contribution in [0.4, 0.5) is 0 Å². The highest BCUT2D eigenvalue weighted by Crippen LogP contribution is 2.19. The summed E-state index contributed by atoms with van der Waals surface area (Å²) in [5.41, 5.74) is 1.58. The third-order valence-corrected chi connectivity index (χ3v) is 4.30. The van der Waals surface area contributed by atoms with Gasteiger partial charge in [0.2, 0.25) is 11.8 Å². The zero-order valence-corrected chi connectivity index (χ0v) is 15.2. The largest absolute Gasteiger partial charge is 0.464 e. The molecule has 2 aromatic carbocycles. The van der Waals surface area contributed by atoms with Gasteiger partial charge in [-0.3, -0.25) is 4.79 Å². The molecule has 0 saturated carbocycles. The fourth-order valence-corrected chi connectivity index (χ4v) is 2.85. The van der Waals surface area contributed by atoms with Crippen LogP contribution in [0.25, 0.3) is 22.2 Å². The summed E-state index contributed by atoms with van der Waals surface area (Å²) in [5, 5.41) is 13.0. The van der Waals surface area contributed by atoms with Crippen molar-refractivity contribution in [2.24, 2.45) is 0 Å². The Balaban J connectivity index is 1.74. The maximum absolute atomic E-state index is 12.8. The van der Waals surface area contributed by atoms with E-state index < -0.39 is 5.97 Å². The van der Waals surface area contributed by atoms with E-state index in [1.165, 1.54) is 7.11 Å². The van der Waals surface area contributed by atoms with Crippen molar-refractivity contribution in [1.82, 2.24) is 20.0 Å². The van der Waals surface area contributed by atoms with Gasteiger partial charge in [0.1, 0.15) is 6.54 Å². The number of hydrogen-bond donors (Lipinski definition) is 0. The summed E-state index contributed by atoms with van der Waals surface area (Å²) in [4.78, 5) is 24.9. The fourth-order valence-electron chi connectivity index (χ4n) is 2.85. The molecule has 0 spiro atoms. The van der Waals surface area contributed by atoms with E-state index in [-0.39, 0.29) is 23.7 Å². The highest BCUT2D eigenvalue weighted by atomic mass is 16.5. The van der Waals surface area contributed by atoms with Crippen molar-refractivity contribution in [3.05, 3.63) is 76.0 Å². The molecule has 0 unspecified atom stereocenters. The Morgan fingerprint density at radius 3 is 2.50 bits per heavy atom. The number of fused-ring (bicyclic) bond motifs is 1. The minimum Gasteiger partial charge on any atom is -0.464 e. The number of hydrogen-bond acceptors (Lipinski definition) is 7. The van der Waals surface area contributed by atoms with E-state index >= 15 is 0 Å². The summed E-state index contributed by atoms with van der Waals surface area (Å²) >= 11 is 0. The number of aromatic nitrogens is 4. The molecule has 140 valence electrons. The molecule has 0 amide bonds. The van der Waals surface area contributed by atoms with Crippen molar-refractivity contribution in [3.8, 4) is 11.5 Å². The molecule has 0 atom stereocenters. The van der Waals surface area contributed by atoms with E-state index in [4.69, 9.17) is 9.15 Å². The predicted molar refractivity (Wildman–Crippen MR) is 101 cm³/mol. The van der Waals surface area contributed by atoms with Gasteiger partial charge in [0.05, 0.1) is 12.5 Å². The van der Waals surface area contributed by atoms with Crippen LogP contribution in [-0.4, -0.2) is 33.1 Å². The third-order valence-electron chi connectivity index (χ3n) is 4.30. The van der Waals surface area contributed by atoms with Gasteiger partial charge in [-0.25, -0.2) is 9.48 Å². The summed E-state index contributed by atoms with van der Waals surface area (Å²) in [6.45, 7) is 1.92. The number of rotatable bonds is 4. The molecule has 0 bridgehead atoms. The van der Waals surface area contributed by atoms with Crippen molar-refractivity contribution < 1.29 is 13.9 Å². The number of carbonyl (C=O) groups is 1. The maximum atomic E-state index is 12.8. The van der Waals surface area contributed by atoms with Crippen LogP contribution < -0.4 is 5.56 Å². The Hall–Kier alpha value is -3.81. The number of methoxy groups -OCH3 is 1. The zero-order chi connectivity index (χ0) is 19.7. The highest BCUT2D eigenvalue weighted by molar-refractivity contribution is 6.01. The molecule has 0 saturated heterocycles. The molecule has 28 heavy (non-hydrogen) atoms. The highest BCUT2D eigenvalue weighted by Gasteiger charge is 2.18. The van der Waals surface area contributed by atoms with Gasteiger partial charge in [0.25, 0.3) is 5.56 Å². The Morgan fingerprint density at radius 2 is 1.79 bits per heavy atom. The van der Waals surface area contributed by atoms with Crippen LogP contribution >= 0.6 is 0 Å². The van der Waals surface area contributed by atoms with Crippen LogP contribution in [0.5, 0.6) is 0 Å². The first-order valence-corrected chi connectivity index (χ1v) is 8.54. The number of esters is 1. The average molecular weight is 376 g/mol. The van der Waals surface area contributed by atoms with E-state index in [0.717, 1.165) is 15.8 Å². The summed E-state index contributed by atoms with van der Waals surface area (Å²) in [6, 6.07) is 14.4. The second kappa shape index (κ2) is 7.07. The number of nitrogens with zero attached hydrogens (tertiary/aromatic N) is 4. The Morgan fingerprint density at radius 1 is 1.07 bits per heavy atom. The van der Waals surface area contributed by atoms with Gasteiger partial charge in [-0.1, -0.05) is 35.9 Å². The van der Waals surface area contributed by atoms with Crippen LogP contribution in [-0.2, 0) is 11.3 Å². The molecular weight excluding hydrogens is 360 g/mol. The maximum Gasteiger partial charge on any atom is 0.359 e. The van der Waals surface area contributed by atoms with E-state index in [1.54, 1.807) is 24.3 Å². The Kier molecular flexibility index (Phi) is 4.44. The summed E-state index contributed by atoms with van der Waals surface area (Å²) in [6.07, 6.45) is 0. The molecular formula is C20H16N4O4. The van der Waals surface area contributed by atoms with Gasteiger partial charge in [-0.2, -0.15) is 5.10 Å². The van der Waals surface area contributed by atoms with Crippen molar-refractivity contribution in [2.75, 3.05) is 7.11 Å². The first kappa shape index (κ1) is 17.6. The first-order valence-electron chi connectivity index (χ1n) is 8.54. The van der Waals surface area contributed by atoms with Gasteiger partial charge in [-0.05, 0) is 25.1 Å². The SMILES string of the molecule is COC(=O)c1nn(Cc2nnc(-c3ccc(C)cc3)o2)c(=O)c2ccccc12. The molecule has 2 heterocycles. The lowest BCUT2D eigenvalue weighted by Crippen LogP contribution is -2.27. The Bertz CT molecular complexity index is 1230. The topological polar surface area (TPSA) is 100 Å². The second-order valence-electron chi connectivity index (χ2n) is 6.22. The molecule has 0 radical (unpaired) electrons. The van der Waals surface area contributed by atoms with Gasteiger partial charge < -0.3 is 9.15 Å². The van der Waals surface area contributed by atoms with Crippen molar-refractivity contribution in [1.29, 1.82) is 0 Å². The predicted octanol–water partition coefficient (Wildman–Crippen LogP) is 2.59. The van der Waals surface area contributed by atoms with Crippen molar-refractivity contribution in [2.45, 2.75) is 13.5 Å². The monoisotopic (exact) mass is 376 g/mol. The number of aryl methyl sites for hydroxylation is 1.